The zero-order chi connectivity index (χ0) is 19.9. The maximum atomic E-state index is 12.6. The summed E-state index contributed by atoms with van der Waals surface area (Å²) in [6.07, 6.45) is 0. The monoisotopic (exact) mass is 383 g/mol. The van der Waals surface area contributed by atoms with Gasteiger partial charge >= 0.3 is 5.91 Å². The molecule has 0 saturated carbocycles. The van der Waals surface area contributed by atoms with Crippen LogP contribution in [0.15, 0.2) is 28.8 Å². The number of carbonyl (C=O) groups is 1. The molecule has 0 spiro atoms. The Labute approximate surface area is 158 Å². The van der Waals surface area contributed by atoms with Crippen LogP contribution in [0.3, 0.4) is 0 Å². The molecule has 1 amide bonds. The number of hydrogen-bond acceptors (Lipinski definition) is 7. The van der Waals surface area contributed by atoms with Gasteiger partial charge in [-0.3, -0.25) is 4.79 Å². The van der Waals surface area contributed by atoms with Crippen LogP contribution in [-0.4, -0.2) is 54.2 Å². The zero-order valence-electron chi connectivity index (χ0n) is 15.2. The van der Waals surface area contributed by atoms with Crippen LogP contribution in [0.25, 0.3) is 0 Å². The normalized spacial score (nSPS) is 13.2. The number of rotatable bonds is 8. The van der Waals surface area contributed by atoms with E-state index in [2.05, 4.69) is 22.9 Å². The van der Waals surface area contributed by atoms with Crippen molar-refractivity contribution in [2.75, 3.05) is 32.6 Å². The highest BCUT2D eigenvalue weighted by Crippen LogP contribution is 2.21. The summed E-state index contributed by atoms with van der Waals surface area (Å²) in [5, 5.41) is 21.3. The Morgan fingerprint density at radius 2 is 2.00 bits per heavy atom. The standard InChI is InChI=1S/C17H26N4O4S/c1-10(18)14(26)7-25-11-4-5-13(19)12(6-11)15(20-3)16(24)21-17(2,8-22)9-23/h4-6,22-23,26H,7-9,18-19H2,1-3H3,(H,21,24)/p+1/b14-10-,20-15?. The lowest BCUT2D eigenvalue weighted by atomic mass is 10.0. The van der Waals surface area contributed by atoms with Gasteiger partial charge in [0.2, 0.25) is 0 Å². The van der Waals surface area contributed by atoms with Crippen LogP contribution < -0.4 is 26.5 Å². The summed E-state index contributed by atoms with van der Waals surface area (Å²) in [5.41, 5.74) is 12.0. The number of benzene rings is 1. The van der Waals surface area contributed by atoms with Crippen LogP contribution in [0.1, 0.15) is 19.4 Å². The second-order valence-electron chi connectivity index (χ2n) is 6.12. The number of amides is 1. The van der Waals surface area contributed by atoms with E-state index >= 15 is 0 Å². The minimum absolute atomic E-state index is 0.178. The molecular formula is C17H27N4O4S+. The molecule has 0 aliphatic rings. The fourth-order valence-electron chi connectivity index (χ4n) is 1.94. The Balaban J connectivity index is 3.09. The van der Waals surface area contributed by atoms with E-state index in [0.717, 1.165) is 0 Å². The summed E-state index contributed by atoms with van der Waals surface area (Å²) in [6, 6.07) is 4.90. The molecule has 0 fully saturated rings. The van der Waals surface area contributed by atoms with E-state index in [9.17, 15) is 15.0 Å². The average molecular weight is 383 g/mol. The molecule has 0 radical (unpaired) electrons. The molecule has 0 unspecified atom stereocenters. The molecule has 26 heavy (non-hydrogen) atoms. The largest absolute Gasteiger partial charge is 0.488 e. The predicted octanol–water partition coefficient (Wildman–Crippen LogP) is -1.87. The summed E-state index contributed by atoms with van der Waals surface area (Å²) in [6.45, 7) is 2.59. The van der Waals surface area contributed by atoms with Gasteiger partial charge in [0.15, 0.2) is 0 Å². The smallest absolute Gasteiger partial charge is 0.316 e. The highest BCUT2D eigenvalue weighted by Gasteiger charge is 2.30. The number of allylic oxidation sites excluding steroid dienone is 1. The maximum absolute atomic E-state index is 12.6. The van der Waals surface area contributed by atoms with Crippen molar-refractivity contribution in [2.24, 2.45) is 5.73 Å². The number of thiol groups is 1. The fraction of sp³-hybridized carbons (Fsp3) is 0.412. The van der Waals surface area contributed by atoms with Gasteiger partial charge in [0.25, 0.3) is 5.71 Å². The quantitative estimate of drug-likeness (QED) is 0.159. The van der Waals surface area contributed by atoms with Crippen LogP contribution in [0, 0.1) is 0 Å². The summed E-state index contributed by atoms with van der Waals surface area (Å²) >= 11 is 4.24. The molecule has 1 aromatic rings. The van der Waals surface area contributed by atoms with Crippen LogP contribution in [0.5, 0.6) is 5.75 Å². The molecule has 0 aliphatic carbocycles. The molecule has 1 aromatic carbocycles. The van der Waals surface area contributed by atoms with Gasteiger partial charge in [-0.05, 0) is 32.0 Å². The molecule has 1 rings (SSSR count). The minimum atomic E-state index is -1.16. The van der Waals surface area contributed by atoms with Crippen molar-refractivity contribution in [2.45, 2.75) is 19.4 Å². The number of aliphatic hydroxyl groups excluding tert-OH is 2. The number of nitrogen functional groups attached to an aromatic ring is 1. The first kappa shape index (κ1) is 21.8. The third-order valence-corrected chi connectivity index (χ3v) is 4.20. The van der Waals surface area contributed by atoms with Crippen molar-refractivity contribution in [3.05, 3.63) is 34.4 Å². The average Bonchev–Trinajstić information content (AvgIpc) is 2.62. The molecule has 8 nitrogen and oxygen atoms in total. The second-order valence-corrected chi connectivity index (χ2v) is 6.66. The zero-order valence-corrected chi connectivity index (χ0v) is 16.1. The Hall–Kier alpha value is -2.23. The molecule has 0 saturated heterocycles. The van der Waals surface area contributed by atoms with Crippen molar-refractivity contribution in [1.82, 2.24) is 5.32 Å². The molecule has 144 valence electrons. The number of anilines is 1. The number of aliphatic hydroxyl groups is 2. The van der Waals surface area contributed by atoms with Gasteiger partial charge in [0, 0.05) is 16.3 Å². The van der Waals surface area contributed by atoms with Gasteiger partial charge in [-0.2, -0.15) is 0 Å². The Bertz CT molecular complexity index is 711. The molecule has 0 aromatic heterocycles. The molecule has 0 atom stereocenters. The summed E-state index contributed by atoms with van der Waals surface area (Å²) in [5.74, 6) is -0.0378. The summed E-state index contributed by atoms with van der Waals surface area (Å²) < 4.78 is 5.62. The van der Waals surface area contributed by atoms with Gasteiger partial charge in [0.05, 0.1) is 24.3 Å². The Kier molecular flexibility index (Phi) is 7.94. The first-order valence-electron chi connectivity index (χ1n) is 7.93. The number of hydrogen-bond donors (Lipinski definition) is 7. The number of nitrogens with one attached hydrogen (secondary N) is 2. The van der Waals surface area contributed by atoms with Crippen molar-refractivity contribution < 1.29 is 24.7 Å². The lowest BCUT2D eigenvalue weighted by Gasteiger charge is -2.25. The van der Waals surface area contributed by atoms with E-state index in [-0.39, 0.29) is 12.3 Å². The van der Waals surface area contributed by atoms with Crippen LogP contribution in [0.4, 0.5) is 5.69 Å². The predicted molar refractivity (Wildman–Crippen MR) is 104 cm³/mol. The van der Waals surface area contributed by atoms with Gasteiger partial charge in [-0.15, -0.1) is 12.6 Å². The molecular weight excluding hydrogens is 356 g/mol. The third kappa shape index (κ3) is 5.65. The fourth-order valence-corrected chi connectivity index (χ4v) is 2.01. The summed E-state index contributed by atoms with van der Waals surface area (Å²) in [4.78, 5) is 16.0. The van der Waals surface area contributed by atoms with Crippen molar-refractivity contribution >= 4 is 29.9 Å². The topological polar surface area (TPSA) is 145 Å². The van der Waals surface area contributed by atoms with Crippen LogP contribution in [-0.2, 0) is 4.79 Å². The number of carbonyl (C=O) groups excluding carboxylic acids is 1. The van der Waals surface area contributed by atoms with E-state index in [1.807, 2.05) is 0 Å². The van der Waals surface area contributed by atoms with E-state index in [1.165, 1.54) is 6.92 Å². The second kappa shape index (κ2) is 9.46. The van der Waals surface area contributed by atoms with Gasteiger partial charge in [0.1, 0.15) is 19.4 Å². The van der Waals surface area contributed by atoms with Gasteiger partial charge < -0.3 is 31.7 Å². The highest BCUT2D eigenvalue weighted by atomic mass is 32.1. The minimum Gasteiger partial charge on any atom is -0.488 e. The SMILES string of the molecule is C[NH+]=C(C(=O)NC(C)(CO)CO)c1cc(OC/C(S)=C(\C)N)ccc1N. The van der Waals surface area contributed by atoms with Crippen LogP contribution in [0.2, 0.25) is 0 Å². The summed E-state index contributed by atoms with van der Waals surface area (Å²) in [7, 11) is 1.57. The van der Waals surface area contributed by atoms with Crippen molar-refractivity contribution in [3.63, 3.8) is 0 Å². The Morgan fingerprint density at radius 3 is 2.50 bits per heavy atom. The lowest BCUT2D eigenvalue weighted by Crippen LogP contribution is -2.73. The maximum Gasteiger partial charge on any atom is 0.316 e. The molecule has 0 aliphatic heterocycles. The van der Waals surface area contributed by atoms with Crippen molar-refractivity contribution in [3.8, 4) is 5.75 Å². The molecule has 0 heterocycles. The van der Waals surface area contributed by atoms with Crippen molar-refractivity contribution in [1.29, 1.82) is 0 Å². The number of ether oxygens (including phenoxy) is 1. The number of nitrogens with two attached hydrogens (primary N) is 2. The molecule has 0 bridgehead atoms. The van der Waals surface area contributed by atoms with Crippen LogP contribution >= 0.6 is 12.6 Å². The first-order chi connectivity index (χ1) is 12.2. The lowest BCUT2D eigenvalue weighted by molar-refractivity contribution is -0.418. The molecule has 9 heteroatoms. The highest BCUT2D eigenvalue weighted by molar-refractivity contribution is 7.84. The molecule has 8 N–H and O–H groups in total. The van der Waals surface area contributed by atoms with E-state index in [1.54, 1.807) is 32.2 Å². The Morgan fingerprint density at radius 1 is 1.38 bits per heavy atom. The first-order valence-corrected chi connectivity index (χ1v) is 8.38. The van der Waals surface area contributed by atoms with E-state index < -0.39 is 24.7 Å². The van der Waals surface area contributed by atoms with Gasteiger partial charge in [-0.25, -0.2) is 4.99 Å². The van der Waals surface area contributed by atoms with E-state index in [4.69, 9.17) is 16.2 Å². The van der Waals surface area contributed by atoms with E-state index in [0.29, 0.717) is 27.6 Å². The third-order valence-electron chi connectivity index (χ3n) is 3.72. The van der Waals surface area contributed by atoms with Gasteiger partial charge in [-0.1, -0.05) is 0 Å².